The summed E-state index contributed by atoms with van der Waals surface area (Å²) in [7, 11) is 0. The van der Waals surface area contributed by atoms with E-state index in [0.29, 0.717) is 5.69 Å². The molecule has 112 valence electrons. The average Bonchev–Trinajstić information content (AvgIpc) is 2.51. The van der Waals surface area contributed by atoms with Crippen molar-refractivity contribution in [3.05, 3.63) is 42.1 Å². The molecule has 1 amide bonds. The van der Waals surface area contributed by atoms with Gasteiger partial charge in [-0.05, 0) is 25.5 Å². The van der Waals surface area contributed by atoms with Crippen LogP contribution in [0.3, 0.4) is 0 Å². The molecule has 0 radical (unpaired) electrons. The van der Waals surface area contributed by atoms with Crippen molar-refractivity contribution in [3.63, 3.8) is 0 Å². The molecule has 0 aliphatic heterocycles. The SMILES string of the molecule is CCCCCCC(C)NC(=O)c1ccc2ccccc2n1. The lowest BCUT2D eigenvalue weighted by molar-refractivity contribution is 0.0933. The Bertz CT molecular complexity index is 595. The lowest BCUT2D eigenvalue weighted by Crippen LogP contribution is -2.33. The highest BCUT2D eigenvalue weighted by Gasteiger charge is 2.11. The van der Waals surface area contributed by atoms with Crippen molar-refractivity contribution in [2.45, 2.75) is 52.0 Å². The summed E-state index contributed by atoms with van der Waals surface area (Å²) in [5.41, 5.74) is 1.36. The van der Waals surface area contributed by atoms with Crippen LogP contribution in [-0.4, -0.2) is 16.9 Å². The van der Waals surface area contributed by atoms with Gasteiger partial charge in [0.25, 0.3) is 5.91 Å². The van der Waals surface area contributed by atoms with Crippen LogP contribution >= 0.6 is 0 Å². The molecule has 1 N–H and O–H groups in total. The van der Waals surface area contributed by atoms with Crippen molar-refractivity contribution >= 4 is 16.8 Å². The van der Waals surface area contributed by atoms with Gasteiger partial charge < -0.3 is 5.32 Å². The predicted molar refractivity (Wildman–Crippen MR) is 87.4 cm³/mol. The Kier molecular flexibility index (Phi) is 5.73. The summed E-state index contributed by atoms with van der Waals surface area (Å²) in [6.07, 6.45) is 5.94. The minimum Gasteiger partial charge on any atom is -0.348 e. The number of benzene rings is 1. The van der Waals surface area contributed by atoms with Crippen LogP contribution in [0, 0.1) is 0 Å². The second-order valence-corrected chi connectivity index (χ2v) is 5.61. The van der Waals surface area contributed by atoms with Crippen molar-refractivity contribution in [1.82, 2.24) is 10.3 Å². The zero-order valence-corrected chi connectivity index (χ0v) is 12.9. The van der Waals surface area contributed by atoms with E-state index in [1.165, 1.54) is 25.7 Å². The van der Waals surface area contributed by atoms with E-state index in [1.54, 1.807) is 6.07 Å². The standard InChI is InChI=1S/C18H24N2O/c1-3-4-5-6-9-14(2)19-18(21)17-13-12-15-10-7-8-11-16(15)20-17/h7-8,10-14H,3-6,9H2,1-2H3,(H,19,21). The molecule has 1 unspecified atom stereocenters. The van der Waals surface area contributed by atoms with Crippen molar-refractivity contribution in [1.29, 1.82) is 0 Å². The number of amides is 1. The molecule has 21 heavy (non-hydrogen) atoms. The Morgan fingerprint density at radius 1 is 1.14 bits per heavy atom. The number of carbonyl (C=O) groups excluding carboxylic acids is 1. The number of carbonyl (C=O) groups is 1. The molecule has 0 saturated heterocycles. The monoisotopic (exact) mass is 284 g/mol. The normalized spacial score (nSPS) is 12.3. The quantitative estimate of drug-likeness (QED) is 0.769. The number of rotatable bonds is 7. The number of nitrogens with one attached hydrogen (secondary N) is 1. The topological polar surface area (TPSA) is 42.0 Å². The lowest BCUT2D eigenvalue weighted by Gasteiger charge is -2.13. The van der Waals surface area contributed by atoms with Crippen LogP contribution in [0.15, 0.2) is 36.4 Å². The molecule has 0 aliphatic carbocycles. The molecule has 2 aromatic rings. The van der Waals surface area contributed by atoms with Gasteiger partial charge in [-0.25, -0.2) is 4.98 Å². The fourth-order valence-electron chi connectivity index (χ4n) is 2.44. The number of nitrogens with zero attached hydrogens (tertiary/aromatic N) is 1. The van der Waals surface area contributed by atoms with Gasteiger partial charge in [0, 0.05) is 11.4 Å². The molecule has 3 nitrogen and oxygen atoms in total. The molecule has 3 heteroatoms. The Morgan fingerprint density at radius 3 is 2.76 bits per heavy atom. The highest BCUT2D eigenvalue weighted by atomic mass is 16.1. The van der Waals surface area contributed by atoms with Gasteiger partial charge in [-0.15, -0.1) is 0 Å². The minimum absolute atomic E-state index is 0.0799. The van der Waals surface area contributed by atoms with E-state index in [9.17, 15) is 4.79 Å². The number of hydrogen-bond acceptors (Lipinski definition) is 2. The van der Waals surface area contributed by atoms with Crippen molar-refractivity contribution in [3.8, 4) is 0 Å². The van der Waals surface area contributed by atoms with Gasteiger partial charge >= 0.3 is 0 Å². The Labute approximate surface area is 126 Å². The van der Waals surface area contributed by atoms with E-state index in [-0.39, 0.29) is 11.9 Å². The molecule has 1 atom stereocenters. The van der Waals surface area contributed by atoms with Gasteiger partial charge in [-0.2, -0.15) is 0 Å². The second kappa shape index (κ2) is 7.77. The van der Waals surface area contributed by atoms with Crippen LogP contribution in [0.4, 0.5) is 0 Å². The Hall–Kier alpha value is -1.90. The average molecular weight is 284 g/mol. The van der Waals surface area contributed by atoms with Crippen LogP contribution in [0.5, 0.6) is 0 Å². The number of hydrogen-bond donors (Lipinski definition) is 1. The fourth-order valence-corrected chi connectivity index (χ4v) is 2.44. The van der Waals surface area contributed by atoms with E-state index in [1.807, 2.05) is 30.3 Å². The highest BCUT2D eigenvalue weighted by Crippen LogP contribution is 2.12. The van der Waals surface area contributed by atoms with E-state index < -0.39 is 0 Å². The van der Waals surface area contributed by atoms with Crippen LogP contribution in [-0.2, 0) is 0 Å². The number of pyridine rings is 1. The second-order valence-electron chi connectivity index (χ2n) is 5.61. The molecule has 0 saturated carbocycles. The zero-order chi connectivity index (χ0) is 15.1. The summed E-state index contributed by atoms with van der Waals surface area (Å²) in [5, 5.41) is 4.09. The van der Waals surface area contributed by atoms with Crippen molar-refractivity contribution in [2.75, 3.05) is 0 Å². The maximum atomic E-state index is 12.2. The lowest BCUT2D eigenvalue weighted by atomic mass is 10.1. The van der Waals surface area contributed by atoms with Crippen LogP contribution in [0.1, 0.15) is 56.4 Å². The molecule has 1 aromatic heterocycles. The first-order valence-corrected chi connectivity index (χ1v) is 7.87. The predicted octanol–water partition coefficient (Wildman–Crippen LogP) is 4.32. The van der Waals surface area contributed by atoms with E-state index in [0.717, 1.165) is 17.3 Å². The number of aromatic nitrogens is 1. The van der Waals surface area contributed by atoms with Gasteiger partial charge in [0.2, 0.25) is 0 Å². The third kappa shape index (κ3) is 4.55. The first-order chi connectivity index (χ1) is 10.2. The molecule has 0 aliphatic rings. The largest absolute Gasteiger partial charge is 0.348 e. The van der Waals surface area contributed by atoms with Crippen molar-refractivity contribution in [2.24, 2.45) is 0 Å². The molecule has 0 spiro atoms. The summed E-state index contributed by atoms with van der Waals surface area (Å²) in [6.45, 7) is 4.27. The minimum atomic E-state index is -0.0799. The summed E-state index contributed by atoms with van der Waals surface area (Å²) in [5.74, 6) is -0.0799. The van der Waals surface area contributed by atoms with Crippen LogP contribution in [0.25, 0.3) is 10.9 Å². The van der Waals surface area contributed by atoms with E-state index in [4.69, 9.17) is 0 Å². The summed E-state index contributed by atoms with van der Waals surface area (Å²) in [4.78, 5) is 16.6. The Morgan fingerprint density at radius 2 is 1.95 bits per heavy atom. The highest BCUT2D eigenvalue weighted by molar-refractivity contribution is 5.94. The third-order valence-electron chi connectivity index (χ3n) is 3.70. The van der Waals surface area contributed by atoms with E-state index in [2.05, 4.69) is 24.1 Å². The summed E-state index contributed by atoms with van der Waals surface area (Å²) < 4.78 is 0. The van der Waals surface area contributed by atoms with Gasteiger partial charge in [0.1, 0.15) is 5.69 Å². The fraction of sp³-hybridized carbons (Fsp3) is 0.444. The third-order valence-corrected chi connectivity index (χ3v) is 3.70. The molecule has 0 bridgehead atoms. The first kappa shape index (κ1) is 15.5. The molecule has 2 rings (SSSR count). The zero-order valence-electron chi connectivity index (χ0n) is 12.9. The number of unbranched alkanes of at least 4 members (excludes halogenated alkanes) is 3. The number of fused-ring (bicyclic) bond motifs is 1. The van der Waals surface area contributed by atoms with Crippen LogP contribution in [0.2, 0.25) is 0 Å². The maximum Gasteiger partial charge on any atom is 0.270 e. The summed E-state index contributed by atoms with van der Waals surface area (Å²) >= 11 is 0. The molecule has 0 fully saturated rings. The smallest absolute Gasteiger partial charge is 0.270 e. The molecular formula is C18H24N2O. The first-order valence-electron chi connectivity index (χ1n) is 7.87. The van der Waals surface area contributed by atoms with Gasteiger partial charge in [0.15, 0.2) is 0 Å². The summed E-state index contributed by atoms with van der Waals surface area (Å²) in [6, 6.07) is 11.8. The Balaban J connectivity index is 1.92. The van der Waals surface area contributed by atoms with Gasteiger partial charge in [-0.3, -0.25) is 4.79 Å². The maximum absolute atomic E-state index is 12.2. The van der Waals surface area contributed by atoms with E-state index >= 15 is 0 Å². The molecule has 1 aromatic carbocycles. The molecular weight excluding hydrogens is 260 g/mol. The van der Waals surface area contributed by atoms with Gasteiger partial charge in [-0.1, -0.05) is 56.9 Å². The van der Waals surface area contributed by atoms with Crippen LogP contribution < -0.4 is 5.32 Å². The van der Waals surface area contributed by atoms with Gasteiger partial charge in [0.05, 0.1) is 5.52 Å². The number of para-hydroxylation sites is 1. The van der Waals surface area contributed by atoms with Crippen molar-refractivity contribution < 1.29 is 4.79 Å². The molecule has 1 heterocycles.